The number of rotatable bonds is 5. The summed E-state index contributed by atoms with van der Waals surface area (Å²) in [6.45, 7) is 7.41. The van der Waals surface area contributed by atoms with E-state index in [0.29, 0.717) is 23.6 Å². The number of anilines is 1. The molecule has 4 rings (SSSR count). The smallest absolute Gasteiger partial charge is 0.313 e. The third kappa shape index (κ3) is 5.67. The molecule has 0 spiro atoms. The molecule has 1 heterocycles. The number of furan rings is 1. The highest BCUT2D eigenvalue weighted by Crippen LogP contribution is 2.40. The Morgan fingerprint density at radius 2 is 1.67 bits per heavy atom. The van der Waals surface area contributed by atoms with E-state index in [4.69, 9.17) is 4.42 Å². The summed E-state index contributed by atoms with van der Waals surface area (Å²) in [5, 5.41) is 5.68. The average molecular weight is 488 g/mol. The van der Waals surface area contributed by atoms with Crippen LogP contribution in [0.1, 0.15) is 68.3 Å². The molecule has 3 aromatic rings. The van der Waals surface area contributed by atoms with Gasteiger partial charge in [0.15, 0.2) is 6.04 Å². The summed E-state index contributed by atoms with van der Waals surface area (Å²) in [6, 6.07) is 18.6. The van der Waals surface area contributed by atoms with Crippen molar-refractivity contribution < 1.29 is 18.8 Å². The lowest BCUT2D eigenvalue weighted by molar-refractivity contribution is -0.151. The van der Waals surface area contributed by atoms with Crippen molar-refractivity contribution in [2.75, 3.05) is 5.32 Å². The molecular formula is C29H33N3O4. The molecule has 0 aliphatic heterocycles. The van der Waals surface area contributed by atoms with Crippen molar-refractivity contribution in [3.05, 3.63) is 89.4 Å². The van der Waals surface area contributed by atoms with Crippen LogP contribution >= 0.6 is 0 Å². The second-order valence-corrected chi connectivity index (χ2v) is 10.2. The topological polar surface area (TPSA) is 91.7 Å². The molecule has 188 valence electrons. The van der Waals surface area contributed by atoms with Crippen molar-refractivity contribution in [1.82, 2.24) is 10.2 Å². The monoisotopic (exact) mass is 487 g/mol. The van der Waals surface area contributed by atoms with Crippen LogP contribution in [0.25, 0.3) is 0 Å². The van der Waals surface area contributed by atoms with Crippen molar-refractivity contribution in [2.45, 2.75) is 64.6 Å². The number of carbonyl (C=O) groups is 3. The van der Waals surface area contributed by atoms with E-state index in [1.54, 1.807) is 43.3 Å². The Labute approximate surface area is 211 Å². The number of hydrogen-bond donors (Lipinski definition) is 2. The Morgan fingerprint density at radius 3 is 2.33 bits per heavy atom. The fourth-order valence-electron chi connectivity index (χ4n) is 4.71. The van der Waals surface area contributed by atoms with Crippen LogP contribution in [0, 0.1) is 6.92 Å². The van der Waals surface area contributed by atoms with Gasteiger partial charge in [0.25, 0.3) is 5.91 Å². The summed E-state index contributed by atoms with van der Waals surface area (Å²) in [4.78, 5) is 42.4. The molecule has 7 heteroatoms. The minimum Gasteiger partial charge on any atom is -0.464 e. The van der Waals surface area contributed by atoms with Gasteiger partial charge in [-0.25, -0.2) is 0 Å². The Kier molecular flexibility index (Phi) is 7.29. The molecule has 36 heavy (non-hydrogen) atoms. The van der Waals surface area contributed by atoms with E-state index < -0.39 is 35.3 Å². The minimum atomic E-state index is -1.12. The lowest BCUT2D eigenvalue weighted by Gasteiger charge is -2.40. The second-order valence-electron chi connectivity index (χ2n) is 10.2. The number of benzene rings is 2. The zero-order chi connectivity index (χ0) is 25.9. The highest BCUT2D eigenvalue weighted by molar-refractivity contribution is 6.40. The first-order valence-electron chi connectivity index (χ1n) is 12.3. The Balaban J connectivity index is 1.81. The average Bonchev–Trinajstić information content (AvgIpc) is 3.26. The van der Waals surface area contributed by atoms with E-state index in [9.17, 15) is 14.4 Å². The maximum Gasteiger partial charge on any atom is 0.313 e. The van der Waals surface area contributed by atoms with Crippen molar-refractivity contribution in [1.29, 1.82) is 0 Å². The highest BCUT2D eigenvalue weighted by atomic mass is 16.3. The highest BCUT2D eigenvalue weighted by Gasteiger charge is 2.43. The maximum atomic E-state index is 13.9. The molecule has 2 unspecified atom stereocenters. The summed E-state index contributed by atoms with van der Waals surface area (Å²) in [5.41, 5.74) is 2.01. The zero-order valence-electron chi connectivity index (χ0n) is 21.2. The molecular weight excluding hydrogens is 454 g/mol. The quantitative estimate of drug-likeness (QED) is 0.491. The van der Waals surface area contributed by atoms with E-state index in [1.165, 1.54) is 4.90 Å². The molecule has 0 bridgehead atoms. The van der Waals surface area contributed by atoms with Crippen LogP contribution < -0.4 is 10.6 Å². The van der Waals surface area contributed by atoms with E-state index in [0.717, 1.165) is 24.0 Å². The van der Waals surface area contributed by atoms with Gasteiger partial charge < -0.3 is 20.0 Å². The number of hydrogen-bond acceptors (Lipinski definition) is 4. The van der Waals surface area contributed by atoms with Crippen LogP contribution in [0.5, 0.6) is 0 Å². The van der Waals surface area contributed by atoms with Gasteiger partial charge in [-0.15, -0.1) is 0 Å². The fourth-order valence-corrected chi connectivity index (χ4v) is 4.71. The fraction of sp³-hybridized carbons (Fsp3) is 0.345. The molecule has 1 aliphatic rings. The first-order valence-corrected chi connectivity index (χ1v) is 12.3. The largest absolute Gasteiger partial charge is 0.464 e. The van der Waals surface area contributed by atoms with Gasteiger partial charge in [0.05, 0.1) is 6.04 Å². The predicted molar refractivity (Wildman–Crippen MR) is 138 cm³/mol. The van der Waals surface area contributed by atoms with Crippen LogP contribution in [0.15, 0.2) is 71.1 Å². The molecule has 1 aromatic heterocycles. The first-order chi connectivity index (χ1) is 17.1. The van der Waals surface area contributed by atoms with Gasteiger partial charge in [0.1, 0.15) is 11.5 Å². The van der Waals surface area contributed by atoms with Crippen molar-refractivity contribution >= 4 is 23.4 Å². The standard InChI is InChI=1S/C29H33N3O4/c1-19-17-18-24(36-19)25(26(33)31-29(2,3)4)32(23-16-10-12-20-11-8-9-15-22(20)23)28(35)27(34)30-21-13-6-5-7-14-21/h5-9,11,13-15,17-18,23,25H,10,12,16H2,1-4H3,(H,30,34)(H,31,33). The predicted octanol–water partition coefficient (Wildman–Crippen LogP) is 5.09. The zero-order valence-corrected chi connectivity index (χ0v) is 21.2. The molecule has 2 aromatic carbocycles. The number of carbonyl (C=O) groups excluding carboxylic acids is 3. The van der Waals surface area contributed by atoms with Crippen LogP contribution in [0.3, 0.4) is 0 Å². The third-order valence-corrected chi connectivity index (χ3v) is 6.19. The molecule has 1 aliphatic carbocycles. The molecule has 7 nitrogen and oxygen atoms in total. The van der Waals surface area contributed by atoms with Crippen LogP contribution in [-0.4, -0.2) is 28.2 Å². The molecule has 0 saturated heterocycles. The summed E-state index contributed by atoms with van der Waals surface area (Å²) < 4.78 is 5.90. The summed E-state index contributed by atoms with van der Waals surface area (Å²) in [7, 11) is 0. The third-order valence-electron chi connectivity index (χ3n) is 6.19. The SMILES string of the molecule is Cc1ccc(C(C(=O)NC(C)(C)C)N(C(=O)C(=O)Nc2ccccc2)C2CCCc3ccccc32)o1. The number of para-hydroxylation sites is 1. The molecule has 0 radical (unpaired) electrons. The summed E-state index contributed by atoms with van der Waals surface area (Å²) >= 11 is 0. The van der Waals surface area contributed by atoms with Crippen molar-refractivity contribution in [2.24, 2.45) is 0 Å². The Morgan fingerprint density at radius 1 is 0.972 bits per heavy atom. The number of fused-ring (bicyclic) bond motifs is 1. The first kappa shape index (κ1) is 25.2. The number of aryl methyl sites for hydroxylation is 2. The van der Waals surface area contributed by atoms with Gasteiger partial charge in [-0.3, -0.25) is 14.4 Å². The molecule has 2 atom stereocenters. The van der Waals surface area contributed by atoms with Gasteiger partial charge in [-0.2, -0.15) is 0 Å². The lowest BCUT2D eigenvalue weighted by Crippen LogP contribution is -2.52. The molecule has 0 saturated carbocycles. The van der Waals surface area contributed by atoms with Gasteiger partial charge in [-0.05, 0) is 82.3 Å². The van der Waals surface area contributed by atoms with E-state index in [2.05, 4.69) is 10.6 Å². The minimum absolute atomic E-state index is 0.318. The normalized spacial score (nSPS) is 15.9. The Hall–Kier alpha value is -3.87. The number of nitrogens with one attached hydrogen (secondary N) is 2. The Bertz CT molecular complexity index is 1240. The van der Waals surface area contributed by atoms with Crippen molar-refractivity contribution in [3.8, 4) is 0 Å². The summed E-state index contributed by atoms with van der Waals surface area (Å²) in [5.74, 6) is -1.06. The van der Waals surface area contributed by atoms with Crippen LogP contribution in [-0.2, 0) is 20.8 Å². The van der Waals surface area contributed by atoms with Gasteiger partial charge in [0.2, 0.25) is 0 Å². The maximum absolute atomic E-state index is 13.9. The van der Waals surface area contributed by atoms with Gasteiger partial charge in [-0.1, -0.05) is 42.5 Å². The lowest BCUT2D eigenvalue weighted by atomic mass is 9.85. The second kappa shape index (κ2) is 10.4. The van der Waals surface area contributed by atoms with E-state index in [-0.39, 0.29) is 0 Å². The van der Waals surface area contributed by atoms with E-state index in [1.807, 2.05) is 51.1 Å². The van der Waals surface area contributed by atoms with Crippen LogP contribution in [0.4, 0.5) is 5.69 Å². The molecule has 3 amide bonds. The summed E-state index contributed by atoms with van der Waals surface area (Å²) in [6.07, 6.45) is 2.33. The number of nitrogens with zero attached hydrogens (tertiary/aromatic N) is 1. The van der Waals surface area contributed by atoms with Gasteiger partial charge >= 0.3 is 11.8 Å². The van der Waals surface area contributed by atoms with E-state index >= 15 is 0 Å². The van der Waals surface area contributed by atoms with Gasteiger partial charge in [0, 0.05) is 11.2 Å². The molecule has 0 fully saturated rings. The van der Waals surface area contributed by atoms with Crippen LogP contribution in [0.2, 0.25) is 0 Å². The van der Waals surface area contributed by atoms with Crippen molar-refractivity contribution in [3.63, 3.8) is 0 Å². The molecule has 2 N–H and O–H groups in total. The number of amides is 3.